The molecule has 2 fully saturated rings. The lowest BCUT2D eigenvalue weighted by Gasteiger charge is -2.23. The van der Waals surface area contributed by atoms with Crippen LogP contribution >= 0.6 is 0 Å². The number of hydrogen-bond donors (Lipinski definition) is 0. The van der Waals surface area contributed by atoms with Gasteiger partial charge in [-0.2, -0.15) is 0 Å². The molecule has 0 radical (unpaired) electrons. The molecular formula is C17H23NO3. The van der Waals surface area contributed by atoms with Crippen molar-refractivity contribution in [1.82, 2.24) is 4.90 Å². The van der Waals surface area contributed by atoms with E-state index in [0.717, 1.165) is 32.4 Å². The summed E-state index contributed by atoms with van der Waals surface area (Å²) in [5.74, 6) is 0.284. The van der Waals surface area contributed by atoms with Crippen molar-refractivity contribution in [3.05, 3.63) is 35.9 Å². The number of rotatable bonds is 6. The van der Waals surface area contributed by atoms with Gasteiger partial charge in [-0.3, -0.25) is 4.79 Å². The van der Waals surface area contributed by atoms with Gasteiger partial charge in [-0.05, 0) is 24.8 Å². The molecule has 1 saturated heterocycles. The van der Waals surface area contributed by atoms with E-state index in [0.29, 0.717) is 13.2 Å². The monoisotopic (exact) mass is 289 g/mol. The first-order valence-electron chi connectivity index (χ1n) is 7.72. The van der Waals surface area contributed by atoms with Crippen LogP contribution in [-0.2, 0) is 19.7 Å². The van der Waals surface area contributed by atoms with Gasteiger partial charge in [0.05, 0.1) is 24.7 Å². The Morgan fingerprint density at radius 3 is 2.71 bits per heavy atom. The number of hydrogen-bond acceptors (Lipinski definition) is 3. The third-order valence-corrected chi connectivity index (χ3v) is 4.56. The molecule has 1 aliphatic carbocycles. The maximum Gasteiger partial charge on any atom is 0.233 e. The molecule has 0 bridgehead atoms. The molecular weight excluding hydrogens is 266 g/mol. The molecule has 1 aliphatic heterocycles. The zero-order valence-corrected chi connectivity index (χ0v) is 12.6. The molecule has 0 aromatic heterocycles. The van der Waals surface area contributed by atoms with Crippen LogP contribution in [-0.4, -0.2) is 50.3 Å². The normalized spacial score (nSPS) is 23.3. The van der Waals surface area contributed by atoms with Crippen LogP contribution in [0.15, 0.2) is 30.3 Å². The molecule has 3 rings (SSSR count). The van der Waals surface area contributed by atoms with E-state index in [9.17, 15) is 4.79 Å². The molecule has 21 heavy (non-hydrogen) atoms. The third kappa shape index (κ3) is 2.97. The van der Waals surface area contributed by atoms with E-state index < -0.39 is 0 Å². The van der Waals surface area contributed by atoms with E-state index in [2.05, 4.69) is 12.1 Å². The fourth-order valence-electron chi connectivity index (χ4n) is 3.16. The maximum atomic E-state index is 12.9. The molecule has 2 aliphatic rings. The Balaban J connectivity index is 1.59. The minimum atomic E-state index is -0.247. The lowest BCUT2D eigenvalue weighted by molar-refractivity contribution is -0.133. The molecule has 0 N–H and O–H groups in total. The fraction of sp³-hybridized carbons (Fsp3) is 0.588. The number of methoxy groups -OCH3 is 1. The van der Waals surface area contributed by atoms with Crippen LogP contribution in [0.3, 0.4) is 0 Å². The van der Waals surface area contributed by atoms with Crippen molar-refractivity contribution in [3.8, 4) is 0 Å². The van der Waals surface area contributed by atoms with Crippen molar-refractivity contribution in [2.75, 3.05) is 33.4 Å². The number of carbonyl (C=O) groups is 1. The van der Waals surface area contributed by atoms with Crippen molar-refractivity contribution < 1.29 is 14.3 Å². The van der Waals surface area contributed by atoms with Crippen LogP contribution in [0, 0.1) is 0 Å². The van der Waals surface area contributed by atoms with E-state index in [-0.39, 0.29) is 17.4 Å². The average molecular weight is 289 g/mol. The number of likely N-dealkylation sites (tertiary alicyclic amines) is 1. The van der Waals surface area contributed by atoms with Crippen molar-refractivity contribution in [2.24, 2.45) is 0 Å². The second-order valence-corrected chi connectivity index (χ2v) is 5.97. The minimum Gasteiger partial charge on any atom is -0.382 e. The van der Waals surface area contributed by atoms with Gasteiger partial charge in [-0.1, -0.05) is 30.3 Å². The van der Waals surface area contributed by atoms with Crippen LogP contribution in [0.5, 0.6) is 0 Å². The molecule has 1 amide bonds. The summed E-state index contributed by atoms with van der Waals surface area (Å²) in [7, 11) is 1.67. The maximum absolute atomic E-state index is 12.9. The standard InChI is InChI=1S/C17H23NO3/c1-20-11-12-21-15-7-10-18(13-15)16(19)17(8-9-17)14-5-3-2-4-6-14/h2-6,15H,7-13H2,1H3. The molecule has 1 heterocycles. The van der Waals surface area contributed by atoms with Gasteiger partial charge in [0.2, 0.25) is 5.91 Å². The van der Waals surface area contributed by atoms with Crippen LogP contribution < -0.4 is 0 Å². The van der Waals surface area contributed by atoms with Crippen LogP contribution in [0.4, 0.5) is 0 Å². The van der Waals surface area contributed by atoms with Crippen molar-refractivity contribution in [3.63, 3.8) is 0 Å². The lowest BCUT2D eigenvalue weighted by atomic mass is 9.94. The van der Waals surface area contributed by atoms with E-state index >= 15 is 0 Å². The molecule has 114 valence electrons. The molecule has 1 aromatic carbocycles. The summed E-state index contributed by atoms with van der Waals surface area (Å²) in [6.07, 6.45) is 3.04. The quantitative estimate of drug-likeness (QED) is 0.752. The van der Waals surface area contributed by atoms with Crippen LogP contribution in [0.25, 0.3) is 0 Å². The number of nitrogens with zero attached hydrogens (tertiary/aromatic N) is 1. The Hall–Kier alpha value is -1.39. The summed E-state index contributed by atoms with van der Waals surface area (Å²) in [5.41, 5.74) is 0.918. The summed E-state index contributed by atoms with van der Waals surface area (Å²) in [6.45, 7) is 2.74. The molecule has 0 spiro atoms. The Morgan fingerprint density at radius 2 is 2.05 bits per heavy atom. The number of amides is 1. The van der Waals surface area contributed by atoms with Gasteiger partial charge in [-0.15, -0.1) is 0 Å². The minimum absolute atomic E-state index is 0.163. The first-order chi connectivity index (χ1) is 10.3. The van der Waals surface area contributed by atoms with E-state index in [1.54, 1.807) is 7.11 Å². The highest BCUT2D eigenvalue weighted by molar-refractivity contribution is 5.91. The Bertz CT molecular complexity index is 484. The van der Waals surface area contributed by atoms with E-state index in [1.165, 1.54) is 5.56 Å². The molecule has 1 atom stereocenters. The van der Waals surface area contributed by atoms with Gasteiger partial charge >= 0.3 is 0 Å². The number of benzene rings is 1. The topological polar surface area (TPSA) is 38.8 Å². The zero-order chi connectivity index (χ0) is 14.7. The fourth-order valence-corrected chi connectivity index (χ4v) is 3.16. The van der Waals surface area contributed by atoms with Gasteiger partial charge < -0.3 is 14.4 Å². The third-order valence-electron chi connectivity index (χ3n) is 4.56. The summed E-state index contributed by atoms with van der Waals surface area (Å²) < 4.78 is 10.7. The molecule has 4 heteroatoms. The van der Waals surface area contributed by atoms with Crippen molar-refractivity contribution >= 4 is 5.91 Å². The van der Waals surface area contributed by atoms with E-state index in [1.807, 2.05) is 23.1 Å². The Kier molecular flexibility index (Phi) is 4.27. The molecule has 1 saturated carbocycles. The van der Waals surface area contributed by atoms with Gasteiger partial charge in [0.15, 0.2) is 0 Å². The number of ether oxygens (including phenoxy) is 2. The second kappa shape index (κ2) is 6.16. The summed E-state index contributed by atoms with van der Waals surface area (Å²) in [4.78, 5) is 14.8. The first kappa shape index (κ1) is 14.5. The predicted octanol–water partition coefficient (Wildman–Crippen LogP) is 1.98. The summed E-state index contributed by atoms with van der Waals surface area (Å²) >= 11 is 0. The predicted molar refractivity (Wildman–Crippen MR) is 80.2 cm³/mol. The van der Waals surface area contributed by atoms with Crippen LogP contribution in [0.2, 0.25) is 0 Å². The Morgan fingerprint density at radius 1 is 1.29 bits per heavy atom. The smallest absolute Gasteiger partial charge is 0.233 e. The highest BCUT2D eigenvalue weighted by Gasteiger charge is 2.53. The average Bonchev–Trinajstić information content (AvgIpc) is 3.21. The van der Waals surface area contributed by atoms with Gasteiger partial charge in [0.25, 0.3) is 0 Å². The molecule has 1 unspecified atom stereocenters. The molecule has 1 aromatic rings. The zero-order valence-electron chi connectivity index (χ0n) is 12.6. The highest BCUT2D eigenvalue weighted by atomic mass is 16.5. The number of carbonyl (C=O) groups excluding carboxylic acids is 1. The Labute approximate surface area is 126 Å². The van der Waals surface area contributed by atoms with Crippen LogP contribution in [0.1, 0.15) is 24.8 Å². The largest absolute Gasteiger partial charge is 0.382 e. The summed E-state index contributed by atoms with van der Waals surface area (Å²) in [5, 5.41) is 0. The van der Waals surface area contributed by atoms with Gasteiger partial charge in [-0.25, -0.2) is 0 Å². The van der Waals surface area contributed by atoms with Crippen molar-refractivity contribution in [1.29, 1.82) is 0 Å². The lowest BCUT2D eigenvalue weighted by Crippen LogP contribution is -2.38. The highest BCUT2D eigenvalue weighted by Crippen LogP contribution is 2.49. The van der Waals surface area contributed by atoms with Gasteiger partial charge in [0, 0.05) is 20.2 Å². The summed E-state index contributed by atoms with van der Waals surface area (Å²) in [6, 6.07) is 10.2. The molecule has 4 nitrogen and oxygen atoms in total. The SMILES string of the molecule is COCCOC1CCN(C(=O)C2(c3ccccc3)CC2)C1. The second-order valence-electron chi connectivity index (χ2n) is 5.97. The van der Waals surface area contributed by atoms with Crippen molar-refractivity contribution in [2.45, 2.75) is 30.8 Å². The first-order valence-corrected chi connectivity index (χ1v) is 7.72. The van der Waals surface area contributed by atoms with Gasteiger partial charge in [0.1, 0.15) is 0 Å². The van der Waals surface area contributed by atoms with E-state index in [4.69, 9.17) is 9.47 Å².